The van der Waals surface area contributed by atoms with E-state index in [9.17, 15) is 36.0 Å². The van der Waals surface area contributed by atoms with E-state index in [1.807, 2.05) is 0 Å². The SMILES string of the molecule is COC1CC(OC)C(=O)C(C(=O)c2ccc(S(C)(=O)=O)c(COCC(F)(F)F)c2Cl)C1=O. The van der Waals surface area contributed by atoms with Crippen LogP contribution >= 0.6 is 11.6 Å². The minimum atomic E-state index is -4.68. The summed E-state index contributed by atoms with van der Waals surface area (Å²) in [5, 5.41) is -0.533. The van der Waals surface area contributed by atoms with E-state index in [4.69, 9.17) is 21.1 Å². The summed E-state index contributed by atoms with van der Waals surface area (Å²) >= 11 is 6.19. The highest BCUT2D eigenvalue weighted by Gasteiger charge is 2.48. The standard InChI is InChI=1S/C19H20ClF3O8S/c1-29-11-6-12(30-2)18(26)14(17(11)25)16(24)9-4-5-13(32(3,27)28)10(15(9)20)7-31-8-19(21,22)23/h4-5,11-12,14H,6-8H2,1-3H3. The van der Waals surface area contributed by atoms with Gasteiger partial charge in [-0.3, -0.25) is 14.4 Å². The minimum Gasteiger partial charge on any atom is -0.374 e. The van der Waals surface area contributed by atoms with Crippen molar-refractivity contribution in [2.24, 2.45) is 5.92 Å². The molecule has 32 heavy (non-hydrogen) atoms. The molecule has 0 bridgehead atoms. The maximum atomic E-state index is 13.1. The number of ketones is 3. The molecule has 2 atom stereocenters. The van der Waals surface area contributed by atoms with Crippen molar-refractivity contribution in [2.75, 3.05) is 27.1 Å². The van der Waals surface area contributed by atoms with Crippen LogP contribution in [0.3, 0.4) is 0 Å². The van der Waals surface area contributed by atoms with Gasteiger partial charge >= 0.3 is 6.18 Å². The largest absolute Gasteiger partial charge is 0.411 e. The molecular formula is C19H20ClF3O8S. The van der Waals surface area contributed by atoms with Crippen LogP contribution in [0, 0.1) is 5.92 Å². The molecule has 0 N–H and O–H groups in total. The number of methoxy groups -OCH3 is 2. The molecule has 2 rings (SSSR count). The predicted molar refractivity (Wildman–Crippen MR) is 104 cm³/mol. The zero-order valence-electron chi connectivity index (χ0n) is 17.2. The Hall–Kier alpha value is -1.86. The van der Waals surface area contributed by atoms with Crippen molar-refractivity contribution < 1.29 is 50.2 Å². The van der Waals surface area contributed by atoms with E-state index >= 15 is 0 Å². The normalized spacial score (nSPS) is 22.3. The molecule has 0 amide bonds. The Morgan fingerprint density at radius 2 is 1.66 bits per heavy atom. The molecule has 0 aliphatic heterocycles. The molecule has 1 aromatic carbocycles. The van der Waals surface area contributed by atoms with Crippen LogP contribution in [0.1, 0.15) is 22.3 Å². The van der Waals surface area contributed by atoms with Gasteiger partial charge in [0.05, 0.1) is 16.5 Å². The average molecular weight is 501 g/mol. The molecule has 0 radical (unpaired) electrons. The Labute approximate surface area is 186 Å². The van der Waals surface area contributed by atoms with Gasteiger partial charge in [0.2, 0.25) is 0 Å². The molecule has 8 nitrogen and oxygen atoms in total. The summed E-state index contributed by atoms with van der Waals surface area (Å²) in [5.41, 5.74) is -0.811. The number of rotatable bonds is 8. The van der Waals surface area contributed by atoms with E-state index in [0.29, 0.717) is 0 Å². The minimum absolute atomic E-state index is 0.0915. The molecule has 1 fully saturated rings. The molecule has 2 unspecified atom stereocenters. The predicted octanol–water partition coefficient (Wildman–Crippen LogP) is 2.19. The second-order valence-corrected chi connectivity index (χ2v) is 9.43. The number of halogens is 4. The number of carbonyl (C=O) groups excluding carboxylic acids is 3. The lowest BCUT2D eigenvalue weighted by atomic mass is 9.78. The maximum absolute atomic E-state index is 13.1. The van der Waals surface area contributed by atoms with Gasteiger partial charge in [-0.25, -0.2) is 8.42 Å². The zero-order valence-corrected chi connectivity index (χ0v) is 18.8. The number of hydrogen-bond donors (Lipinski definition) is 0. The lowest BCUT2D eigenvalue weighted by Crippen LogP contribution is -2.51. The summed E-state index contributed by atoms with van der Waals surface area (Å²) in [6, 6.07) is 1.95. The smallest absolute Gasteiger partial charge is 0.374 e. The van der Waals surface area contributed by atoms with E-state index in [1.54, 1.807) is 0 Å². The second-order valence-electron chi connectivity index (χ2n) is 7.07. The van der Waals surface area contributed by atoms with Crippen LogP contribution in [0.15, 0.2) is 17.0 Å². The van der Waals surface area contributed by atoms with Crippen molar-refractivity contribution in [3.63, 3.8) is 0 Å². The topological polar surface area (TPSA) is 113 Å². The molecule has 0 spiro atoms. The Bertz CT molecular complexity index is 1000. The van der Waals surface area contributed by atoms with Gasteiger partial charge < -0.3 is 14.2 Å². The molecule has 1 saturated carbocycles. The first kappa shape index (κ1) is 26.4. The van der Waals surface area contributed by atoms with E-state index in [-0.39, 0.29) is 6.42 Å². The van der Waals surface area contributed by atoms with E-state index in [2.05, 4.69) is 4.74 Å². The molecule has 0 saturated heterocycles. The van der Waals surface area contributed by atoms with Crippen molar-refractivity contribution in [1.82, 2.24) is 0 Å². The molecule has 1 aromatic rings. The first-order valence-electron chi connectivity index (χ1n) is 9.06. The van der Waals surface area contributed by atoms with Gasteiger partial charge in [-0.1, -0.05) is 11.6 Å². The highest BCUT2D eigenvalue weighted by molar-refractivity contribution is 7.90. The molecule has 1 aliphatic rings. The van der Waals surface area contributed by atoms with Crippen LogP contribution in [0.5, 0.6) is 0 Å². The fourth-order valence-electron chi connectivity index (χ4n) is 3.32. The molecule has 1 aliphatic carbocycles. The number of Topliss-reactive ketones (excluding diaryl/α,β-unsaturated/α-hetero) is 3. The third-order valence-corrected chi connectivity index (χ3v) is 6.45. The van der Waals surface area contributed by atoms with Crippen LogP contribution in [0.4, 0.5) is 13.2 Å². The number of ether oxygens (including phenoxy) is 3. The van der Waals surface area contributed by atoms with Crippen LogP contribution in [-0.2, 0) is 40.2 Å². The van der Waals surface area contributed by atoms with Crippen LogP contribution in [0.2, 0.25) is 5.02 Å². The van der Waals surface area contributed by atoms with Crippen molar-refractivity contribution in [1.29, 1.82) is 0 Å². The molecule has 0 aromatic heterocycles. The van der Waals surface area contributed by atoms with Gasteiger partial charge in [0.25, 0.3) is 0 Å². The summed E-state index contributed by atoms with van der Waals surface area (Å²) in [4.78, 5) is 37.9. The number of sulfone groups is 1. The summed E-state index contributed by atoms with van der Waals surface area (Å²) in [6.45, 7) is -2.56. The molecular weight excluding hydrogens is 481 g/mol. The van der Waals surface area contributed by atoms with Crippen molar-refractivity contribution in [2.45, 2.75) is 36.3 Å². The fraction of sp³-hybridized carbons (Fsp3) is 0.526. The third-order valence-electron chi connectivity index (χ3n) is 4.84. The van der Waals surface area contributed by atoms with E-state index in [1.165, 1.54) is 14.2 Å². The van der Waals surface area contributed by atoms with Gasteiger partial charge in [-0.15, -0.1) is 0 Å². The summed E-state index contributed by atoms with van der Waals surface area (Å²) in [7, 11) is -1.53. The van der Waals surface area contributed by atoms with Crippen LogP contribution < -0.4 is 0 Å². The Morgan fingerprint density at radius 3 is 2.09 bits per heavy atom. The molecule has 0 heterocycles. The average Bonchev–Trinajstić information content (AvgIpc) is 2.67. The van der Waals surface area contributed by atoms with Crippen molar-refractivity contribution >= 4 is 38.8 Å². The first-order chi connectivity index (χ1) is 14.7. The Morgan fingerprint density at radius 1 is 1.12 bits per heavy atom. The number of alkyl halides is 3. The zero-order chi connectivity index (χ0) is 24.4. The highest BCUT2D eigenvalue weighted by atomic mass is 35.5. The highest BCUT2D eigenvalue weighted by Crippen LogP contribution is 2.33. The third kappa shape index (κ3) is 5.73. The van der Waals surface area contributed by atoms with Gasteiger partial charge in [-0.05, 0) is 12.1 Å². The van der Waals surface area contributed by atoms with Gasteiger partial charge in [0.1, 0.15) is 24.7 Å². The maximum Gasteiger partial charge on any atom is 0.411 e. The Balaban J connectivity index is 2.52. The van der Waals surface area contributed by atoms with Crippen LogP contribution in [0.25, 0.3) is 0 Å². The lowest BCUT2D eigenvalue weighted by molar-refractivity contribution is -0.176. The summed E-state index contributed by atoms with van der Waals surface area (Å²) in [5.74, 6) is -4.53. The van der Waals surface area contributed by atoms with Gasteiger partial charge in [0, 0.05) is 38.0 Å². The number of carbonyl (C=O) groups is 3. The summed E-state index contributed by atoms with van der Waals surface area (Å²) in [6.07, 6.45) is -6.18. The monoisotopic (exact) mass is 500 g/mol. The second kappa shape index (κ2) is 9.96. The van der Waals surface area contributed by atoms with E-state index < -0.39 is 85.7 Å². The fourth-order valence-corrected chi connectivity index (χ4v) is 4.61. The quantitative estimate of drug-likeness (QED) is 0.394. The van der Waals surface area contributed by atoms with Crippen molar-refractivity contribution in [3.05, 3.63) is 28.3 Å². The van der Waals surface area contributed by atoms with Crippen LogP contribution in [-0.4, -0.2) is 71.2 Å². The number of hydrogen-bond acceptors (Lipinski definition) is 8. The van der Waals surface area contributed by atoms with E-state index in [0.717, 1.165) is 18.4 Å². The Kier molecular flexibility index (Phi) is 8.21. The van der Waals surface area contributed by atoms with Gasteiger partial charge in [0.15, 0.2) is 27.2 Å². The molecule has 13 heteroatoms. The van der Waals surface area contributed by atoms with Gasteiger partial charge in [-0.2, -0.15) is 13.2 Å². The first-order valence-corrected chi connectivity index (χ1v) is 11.3. The lowest BCUT2D eigenvalue weighted by Gasteiger charge is -2.30. The van der Waals surface area contributed by atoms with Crippen molar-refractivity contribution in [3.8, 4) is 0 Å². The summed E-state index contributed by atoms with van der Waals surface area (Å²) < 4.78 is 76.0. The molecule has 178 valence electrons. The number of benzene rings is 1.